The summed E-state index contributed by atoms with van der Waals surface area (Å²) in [6, 6.07) is 0.641. The highest BCUT2D eigenvalue weighted by molar-refractivity contribution is 5.86. The lowest BCUT2D eigenvalue weighted by molar-refractivity contribution is -0.133. The summed E-state index contributed by atoms with van der Waals surface area (Å²) >= 11 is 0. The molecule has 1 amide bonds. The van der Waals surface area contributed by atoms with Crippen molar-refractivity contribution < 1.29 is 9.53 Å². The monoisotopic (exact) mass is 252 g/mol. The topological polar surface area (TPSA) is 51.5 Å². The third-order valence-electron chi connectivity index (χ3n) is 4.24. The Kier molecular flexibility index (Phi) is 3.32. The van der Waals surface area contributed by atoms with Crippen molar-refractivity contribution in [2.45, 2.75) is 63.8 Å². The van der Waals surface area contributed by atoms with E-state index in [1.165, 1.54) is 12.8 Å². The summed E-state index contributed by atoms with van der Waals surface area (Å²) in [7, 11) is 0. The van der Waals surface area contributed by atoms with Gasteiger partial charge in [-0.15, -0.1) is 0 Å². The lowest BCUT2D eigenvalue weighted by Gasteiger charge is -2.32. The van der Waals surface area contributed by atoms with Gasteiger partial charge in [0.05, 0.1) is 12.2 Å². The zero-order valence-corrected chi connectivity index (χ0v) is 11.4. The van der Waals surface area contributed by atoms with Crippen molar-refractivity contribution in [3.05, 3.63) is 0 Å². The number of ether oxygens (including phenoxy) is 1. The van der Waals surface area contributed by atoms with E-state index in [0.29, 0.717) is 24.2 Å². The highest BCUT2D eigenvalue weighted by atomic mass is 16.5. The van der Waals surface area contributed by atoms with E-state index in [-0.39, 0.29) is 6.04 Å². The number of rotatable bonds is 4. The Morgan fingerprint density at radius 1 is 1.22 bits per heavy atom. The predicted molar refractivity (Wildman–Crippen MR) is 69.3 cm³/mol. The SMILES string of the molecule is CC(C)OC1CCN(C(=O)[C@H]2N[C@H]2C2CC2)CC1. The summed E-state index contributed by atoms with van der Waals surface area (Å²) in [5, 5.41) is 3.35. The second-order valence-corrected chi connectivity index (χ2v) is 6.22. The average Bonchev–Trinajstić information content (AvgIpc) is 3.19. The number of hydrogen-bond acceptors (Lipinski definition) is 3. The van der Waals surface area contributed by atoms with E-state index in [0.717, 1.165) is 31.8 Å². The molecule has 102 valence electrons. The molecule has 0 unspecified atom stereocenters. The average molecular weight is 252 g/mol. The quantitative estimate of drug-likeness (QED) is 0.764. The smallest absolute Gasteiger partial charge is 0.241 e. The first-order valence-corrected chi connectivity index (χ1v) is 7.35. The molecule has 2 heterocycles. The molecule has 0 aromatic heterocycles. The highest BCUT2D eigenvalue weighted by Gasteiger charge is 2.52. The van der Waals surface area contributed by atoms with Gasteiger partial charge in [0, 0.05) is 19.1 Å². The van der Waals surface area contributed by atoms with Crippen LogP contribution < -0.4 is 5.32 Å². The molecule has 0 radical (unpaired) electrons. The van der Waals surface area contributed by atoms with Crippen LogP contribution in [0, 0.1) is 5.92 Å². The van der Waals surface area contributed by atoms with E-state index in [2.05, 4.69) is 19.2 Å². The maximum Gasteiger partial charge on any atom is 0.241 e. The first kappa shape index (κ1) is 12.4. The van der Waals surface area contributed by atoms with E-state index in [1.807, 2.05) is 4.90 Å². The lowest BCUT2D eigenvalue weighted by Crippen LogP contribution is -2.44. The van der Waals surface area contributed by atoms with Crippen LogP contribution in [-0.2, 0) is 9.53 Å². The van der Waals surface area contributed by atoms with Gasteiger partial charge in [-0.3, -0.25) is 10.1 Å². The van der Waals surface area contributed by atoms with E-state index in [4.69, 9.17) is 4.74 Å². The fourth-order valence-corrected chi connectivity index (χ4v) is 3.03. The van der Waals surface area contributed by atoms with Crippen molar-refractivity contribution in [1.82, 2.24) is 10.2 Å². The molecular formula is C14H24N2O2. The van der Waals surface area contributed by atoms with Gasteiger partial charge in [0.2, 0.25) is 5.91 Å². The minimum atomic E-state index is 0.139. The first-order chi connectivity index (χ1) is 8.65. The van der Waals surface area contributed by atoms with Gasteiger partial charge < -0.3 is 9.64 Å². The van der Waals surface area contributed by atoms with Gasteiger partial charge in [0.15, 0.2) is 0 Å². The van der Waals surface area contributed by atoms with E-state index >= 15 is 0 Å². The van der Waals surface area contributed by atoms with Crippen molar-refractivity contribution in [3.8, 4) is 0 Å². The molecule has 4 nitrogen and oxygen atoms in total. The van der Waals surface area contributed by atoms with E-state index in [1.54, 1.807) is 0 Å². The standard InChI is InChI=1S/C14H24N2O2/c1-9(2)18-11-5-7-16(8-6-11)14(17)13-12(15-13)10-3-4-10/h9-13,15H,3-8H2,1-2H3/t12-,13-/m0/s1. The van der Waals surface area contributed by atoms with Crippen LogP contribution in [0.4, 0.5) is 0 Å². The Balaban J connectivity index is 1.43. The number of carbonyl (C=O) groups excluding carboxylic acids is 1. The number of carbonyl (C=O) groups is 1. The summed E-state index contributed by atoms with van der Waals surface area (Å²) in [5.41, 5.74) is 0. The molecular weight excluding hydrogens is 228 g/mol. The van der Waals surface area contributed by atoms with Crippen molar-refractivity contribution in [2.75, 3.05) is 13.1 Å². The Hall–Kier alpha value is -0.610. The Morgan fingerprint density at radius 3 is 2.44 bits per heavy atom. The molecule has 2 atom stereocenters. The Bertz CT molecular complexity index is 320. The molecule has 2 saturated heterocycles. The third-order valence-corrected chi connectivity index (χ3v) is 4.24. The maximum absolute atomic E-state index is 12.3. The fourth-order valence-electron chi connectivity index (χ4n) is 3.03. The van der Waals surface area contributed by atoms with Crippen LogP contribution in [0.5, 0.6) is 0 Å². The number of amides is 1. The molecule has 18 heavy (non-hydrogen) atoms. The molecule has 0 bridgehead atoms. The van der Waals surface area contributed by atoms with Gasteiger partial charge in [-0.1, -0.05) is 0 Å². The number of nitrogens with zero attached hydrogens (tertiary/aromatic N) is 1. The van der Waals surface area contributed by atoms with Crippen molar-refractivity contribution in [3.63, 3.8) is 0 Å². The second kappa shape index (κ2) is 4.82. The van der Waals surface area contributed by atoms with Gasteiger partial charge in [-0.25, -0.2) is 0 Å². The van der Waals surface area contributed by atoms with Gasteiger partial charge in [0.1, 0.15) is 6.04 Å². The van der Waals surface area contributed by atoms with Gasteiger partial charge >= 0.3 is 0 Å². The molecule has 3 fully saturated rings. The predicted octanol–water partition coefficient (Wildman–Crippen LogP) is 1.15. The number of likely N-dealkylation sites (tertiary alicyclic amines) is 1. The van der Waals surface area contributed by atoms with Crippen LogP contribution in [0.1, 0.15) is 39.5 Å². The van der Waals surface area contributed by atoms with Gasteiger partial charge in [-0.2, -0.15) is 0 Å². The minimum Gasteiger partial charge on any atom is -0.375 e. The molecule has 1 aliphatic carbocycles. The largest absolute Gasteiger partial charge is 0.375 e. The molecule has 4 heteroatoms. The zero-order chi connectivity index (χ0) is 12.7. The molecule has 3 aliphatic rings. The molecule has 0 aromatic rings. The van der Waals surface area contributed by atoms with Crippen LogP contribution in [0.2, 0.25) is 0 Å². The van der Waals surface area contributed by atoms with Crippen LogP contribution in [-0.4, -0.2) is 48.2 Å². The van der Waals surface area contributed by atoms with Gasteiger partial charge in [-0.05, 0) is 45.4 Å². The number of hydrogen-bond donors (Lipinski definition) is 1. The maximum atomic E-state index is 12.3. The Labute approximate surface area is 109 Å². The number of nitrogens with one attached hydrogen (secondary N) is 1. The van der Waals surface area contributed by atoms with Crippen LogP contribution in [0.3, 0.4) is 0 Å². The molecule has 2 aliphatic heterocycles. The Morgan fingerprint density at radius 2 is 1.89 bits per heavy atom. The first-order valence-electron chi connectivity index (χ1n) is 7.35. The molecule has 3 rings (SSSR count). The van der Waals surface area contributed by atoms with Crippen LogP contribution in [0.15, 0.2) is 0 Å². The molecule has 1 saturated carbocycles. The molecule has 0 spiro atoms. The minimum absolute atomic E-state index is 0.139. The normalized spacial score (nSPS) is 32.9. The van der Waals surface area contributed by atoms with Crippen molar-refractivity contribution in [1.29, 1.82) is 0 Å². The number of piperidine rings is 1. The zero-order valence-electron chi connectivity index (χ0n) is 11.4. The summed E-state index contributed by atoms with van der Waals surface area (Å²) in [6.07, 6.45) is 5.24. The second-order valence-electron chi connectivity index (χ2n) is 6.22. The van der Waals surface area contributed by atoms with Crippen LogP contribution in [0.25, 0.3) is 0 Å². The van der Waals surface area contributed by atoms with E-state index < -0.39 is 0 Å². The third kappa shape index (κ3) is 2.69. The molecule has 0 aromatic carbocycles. The summed E-state index contributed by atoms with van der Waals surface area (Å²) in [6.45, 7) is 5.88. The highest BCUT2D eigenvalue weighted by Crippen LogP contribution is 2.40. The van der Waals surface area contributed by atoms with E-state index in [9.17, 15) is 4.79 Å². The van der Waals surface area contributed by atoms with Crippen molar-refractivity contribution in [2.24, 2.45) is 5.92 Å². The van der Waals surface area contributed by atoms with Gasteiger partial charge in [0.25, 0.3) is 0 Å². The van der Waals surface area contributed by atoms with Crippen LogP contribution >= 0.6 is 0 Å². The summed E-state index contributed by atoms with van der Waals surface area (Å²) in [5.74, 6) is 1.12. The summed E-state index contributed by atoms with van der Waals surface area (Å²) < 4.78 is 5.81. The van der Waals surface area contributed by atoms with Crippen molar-refractivity contribution >= 4 is 5.91 Å². The lowest BCUT2D eigenvalue weighted by atomic mass is 10.1. The summed E-state index contributed by atoms with van der Waals surface area (Å²) in [4.78, 5) is 14.3. The molecule has 1 N–H and O–H groups in total. The fraction of sp³-hybridized carbons (Fsp3) is 0.929.